The Morgan fingerprint density at radius 1 is 0.938 bits per heavy atom. The molecule has 0 aliphatic heterocycles. The maximum Gasteiger partial charge on any atom is 0.151 e. The van der Waals surface area contributed by atoms with E-state index in [9.17, 15) is 13.2 Å². The zero-order valence-corrected chi connectivity index (χ0v) is 19.3. The first kappa shape index (κ1) is 22.5. The molecule has 3 nitrogen and oxygen atoms in total. The molecule has 1 N–H and O–H groups in total. The molecule has 32 heavy (non-hydrogen) atoms. The van der Waals surface area contributed by atoms with Gasteiger partial charge in [0.2, 0.25) is 0 Å². The van der Waals surface area contributed by atoms with Gasteiger partial charge in [-0.3, -0.25) is 0 Å². The van der Waals surface area contributed by atoms with Crippen molar-refractivity contribution in [2.75, 3.05) is 18.6 Å². The smallest absolute Gasteiger partial charge is 0.151 e. The van der Waals surface area contributed by atoms with Crippen LogP contribution in [0.2, 0.25) is 5.02 Å². The normalized spacial score (nSPS) is 11.4. The molecule has 0 bridgehead atoms. The van der Waals surface area contributed by atoms with Crippen LogP contribution >= 0.6 is 19.5 Å². The van der Waals surface area contributed by atoms with Crippen molar-refractivity contribution in [3.05, 3.63) is 82.3 Å². The van der Waals surface area contributed by atoms with Gasteiger partial charge in [-0.15, -0.1) is 0 Å². The largest absolute Gasteiger partial charge is 0.378 e. The van der Waals surface area contributed by atoms with Crippen molar-refractivity contribution < 1.29 is 13.2 Å². The molecule has 4 rings (SSSR count). The highest BCUT2D eigenvalue weighted by molar-refractivity contribution is 7.64. The summed E-state index contributed by atoms with van der Waals surface area (Å²) in [6.07, 6.45) is 0. The molecular formula is C24H20ClF3N3P. The Balaban J connectivity index is 1.83. The molecule has 0 fully saturated rings. The number of fused-ring (bicyclic) bond motifs is 1. The van der Waals surface area contributed by atoms with Gasteiger partial charge in [-0.25, -0.2) is 23.1 Å². The van der Waals surface area contributed by atoms with E-state index in [1.165, 1.54) is 18.2 Å². The quantitative estimate of drug-likeness (QED) is 0.329. The minimum absolute atomic E-state index is 0.00450. The van der Waals surface area contributed by atoms with Crippen LogP contribution in [0.4, 0.5) is 18.9 Å². The van der Waals surface area contributed by atoms with Gasteiger partial charge in [0.25, 0.3) is 0 Å². The molecule has 164 valence electrons. The summed E-state index contributed by atoms with van der Waals surface area (Å²) in [5, 5.41) is 4.04. The van der Waals surface area contributed by atoms with Crippen LogP contribution < -0.4 is 10.6 Å². The number of aryl methyl sites for hydroxylation is 1. The summed E-state index contributed by atoms with van der Waals surface area (Å²) in [6, 6.07) is 12.3. The fraction of sp³-hybridized carbons (Fsp3) is 0.167. The summed E-state index contributed by atoms with van der Waals surface area (Å²) in [6.45, 7) is 5.75. The minimum atomic E-state index is -0.634. The topological polar surface area (TPSA) is 37.8 Å². The lowest BCUT2D eigenvalue weighted by molar-refractivity contribution is 0.613. The highest BCUT2D eigenvalue weighted by atomic mass is 35.5. The summed E-state index contributed by atoms with van der Waals surface area (Å²) >= 11 is 6.49. The van der Waals surface area contributed by atoms with Gasteiger partial charge in [0, 0.05) is 29.0 Å². The van der Waals surface area contributed by atoms with E-state index in [4.69, 9.17) is 11.6 Å². The highest BCUT2D eigenvalue weighted by Gasteiger charge is 2.18. The number of pyridine rings is 2. The molecule has 0 saturated heterocycles. The SMILES string of the molecule is Cc1nc2cc(F)c(-c3ccc(P(C)C)c(F)c3)nc2c(NCc2ccccc2F)c1Cl. The van der Waals surface area contributed by atoms with Gasteiger partial charge in [0.15, 0.2) is 5.82 Å². The monoisotopic (exact) mass is 473 g/mol. The summed E-state index contributed by atoms with van der Waals surface area (Å²) in [4.78, 5) is 8.80. The predicted octanol–water partition coefficient (Wildman–Crippen LogP) is 6.65. The molecule has 4 aromatic rings. The zero-order chi connectivity index (χ0) is 23.0. The van der Waals surface area contributed by atoms with E-state index in [-0.39, 0.29) is 18.1 Å². The Morgan fingerprint density at radius 3 is 2.38 bits per heavy atom. The average Bonchev–Trinajstić information content (AvgIpc) is 2.74. The van der Waals surface area contributed by atoms with Gasteiger partial charge < -0.3 is 5.32 Å². The van der Waals surface area contributed by atoms with Crippen molar-refractivity contribution >= 4 is 41.5 Å². The molecule has 0 spiro atoms. The Hall–Kier alpha value is -2.69. The van der Waals surface area contributed by atoms with Gasteiger partial charge in [-0.05, 0) is 32.4 Å². The third-order valence-electron chi connectivity index (χ3n) is 5.13. The number of hydrogen-bond acceptors (Lipinski definition) is 3. The lowest BCUT2D eigenvalue weighted by atomic mass is 10.1. The Bertz CT molecular complexity index is 1330. The lowest BCUT2D eigenvalue weighted by Gasteiger charge is -2.15. The molecule has 2 heterocycles. The van der Waals surface area contributed by atoms with Crippen LogP contribution in [-0.4, -0.2) is 23.3 Å². The van der Waals surface area contributed by atoms with E-state index in [0.29, 0.717) is 43.9 Å². The molecule has 2 aromatic carbocycles. The van der Waals surface area contributed by atoms with Gasteiger partial charge in [0.1, 0.15) is 22.8 Å². The highest BCUT2D eigenvalue weighted by Crippen LogP contribution is 2.35. The van der Waals surface area contributed by atoms with Crippen molar-refractivity contribution in [1.82, 2.24) is 9.97 Å². The predicted molar refractivity (Wildman–Crippen MR) is 127 cm³/mol. The van der Waals surface area contributed by atoms with Crippen LogP contribution in [0.3, 0.4) is 0 Å². The van der Waals surface area contributed by atoms with Crippen molar-refractivity contribution in [3.63, 3.8) is 0 Å². The first-order valence-corrected chi connectivity index (χ1v) is 12.5. The molecule has 2 aromatic heterocycles. The number of anilines is 1. The standard InChI is InChI=1S/C24H20ClF3N3P/c1-13-21(25)24(29-12-15-6-4-5-7-16(15)26)23-19(30-13)11-18(28)22(31-23)14-8-9-20(32(2)3)17(27)10-14/h4-11H,12H2,1-3H3,(H,29,30). The van der Waals surface area contributed by atoms with E-state index in [1.54, 1.807) is 37.3 Å². The van der Waals surface area contributed by atoms with Gasteiger partial charge in [0.05, 0.1) is 21.9 Å². The lowest BCUT2D eigenvalue weighted by Crippen LogP contribution is -2.07. The van der Waals surface area contributed by atoms with Crippen LogP contribution in [-0.2, 0) is 6.54 Å². The first-order chi connectivity index (χ1) is 15.3. The molecule has 0 amide bonds. The maximum atomic E-state index is 14.9. The second-order valence-corrected chi connectivity index (χ2v) is 10.2. The second-order valence-electron chi connectivity index (χ2n) is 7.58. The molecule has 0 aliphatic rings. The van der Waals surface area contributed by atoms with Crippen LogP contribution in [0.5, 0.6) is 0 Å². The van der Waals surface area contributed by atoms with Crippen molar-refractivity contribution in [3.8, 4) is 11.3 Å². The van der Waals surface area contributed by atoms with Gasteiger partial charge >= 0.3 is 0 Å². The number of rotatable bonds is 5. The van der Waals surface area contributed by atoms with Gasteiger partial charge in [-0.2, -0.15) is 0 Å². The zero-order valence-electron chi connectivity index (χ0n) is 17.7. The summed E-state index contributed by atoms with van der Waals surface area (Å²) < 4.78 is 43.6. The number of nitrogens with zero attached hydrogens (tertiary/aromatic N) is 2. The Labute approximate surface area is 190 Å². The number of hydrogen-bond donors (Lipinski definition) is 1. The molecular weight excluding hydrogens is 454 g/mol. The third kappa shape index (κ3) is 4.30. The van der Waals surface area contributed by atoms with E-state index in [1.807, 2.05) is 13.3 Å². The summed E-state index contributed by atoms with van der Waals surface area (Å²) in [5.74, 6) is -1.36. The van der Waals surface area contributed by atoms with Crippen LogP contribution in [0.15, 0.2) is 48.5 Å². The van der Waals surface area contributed by atoms with E-state index < -0.39 is 19.6 Å². The fourth-order valence-electron chi connectivity index (χ4n) is 3.47. The summed E-state index contributed by atoms with van der Waals surface area (Å²) in [7, 11) is -0.634. The van der Waals surface area contributed by atoms with E-state index >= 15 is 0 Å². The molecule has 0 unspecified atom stereocenters. The number of benzene rings is 2. The van der Waals surface area contributed by atoms with Gasteiger partial charge in [-0.1, -0.05) is 49.9 Å². The molecule has 0 radical (unpaired) electrons. The van der Waals surface area contributed by atoms with E-state index in [0.717, 1.165) is 0 Å². The van der Waals surface area contributed by atoms with Crippen molar-refractivity contribution in [2.24, 2.45) is 0 Å². The van der Waals surface area contributed by atoms with Crippen molar-refractivity contribution in [2.45, 2.75) is 13.5 Å². The van der Waals surface area contributed by atoms with E-state index in [2.05, 4.69) is 15.3 Å². The molecule has 8 heteroatoms. The maximum absolute atomic E-state index is 14.9. The van der Waals surface area contributed by atoms with Crippen LogP contribution in [0.25, 0.3) is 22.3 Å². The molecule has 0 atom stereocenters. The van der Waals surface area contributed by atoms with Crippen LogP contribution in [0.1, 0.15) is 11.3 Å². The number of aromatic nitrogens is 2. The van der Waals surface area contributed by atoms with Crippen molar-refractivity contribution in [1.29, 1.82) is 0 Å². The minimum Gasteiger partial charge on any atom is -0.378 e. The Kier molecular flexibility index (Phi) is 6.36. The number of nitrogens with one attached hydrogen (secondary N) is 1. The second kappa shape index (κ2) is 9.05. The number of halogens is 4. The Morgan fingerprint density at radius 2 is 1.69 bits per heavy atom. The average molecular weight is 474 g/mol. The van der Waals surface area contributed by atoms with Crippen LogP contribution in [0, 0.1) is 24.4 Å². The molecule has 0 aliphatic carbocycles. The fourth-order valence-corrected chi connectivity index (χ4v) is 4.53. The summed E-state index contributed by atoms with van der Waals surface area (Å²) in [5.41, 5.74) is 2.29. The molecule has 0 saturated carbocycles. The first-order valence-electron chi connectivity index (χ1n) is 9.87. The third-order valence-corrected chi connectivity index (χ3v) is 6.92.